The highest BCUT2D eigenvalue weighted by atomic mass is 32.2. The van der Waals surface area contributed by atoms with Gasteiger partial charge in [-0.1, -0.05) is 43.0 Å². The predicted molar refractivity (Wildman–Crippen MR) is 128 cm³/mol. The molecule has 2 aromatic heterocycles. The maximum Gasteiger partial charge on any atom is 0.253 e. The van der Waals surface area contributed by atoms with Crippen LogP contribution in [0, 0.1) is 5.82 Å². The van der Waals surface area contributed by atoms with E-state index in [9.17, 15) is 9.18 Å². The lowest BCUT2D eigenvalue weighted by atomic mass is 10.1. The molecule has 0 N–H and O–H groups in total. The number of halogens is 1. The molecule has 4 aromatic rings. The largest absolute Gasteiger partial charge is 0.342 e. The first-order valence-corrected chi connectivity index (χ1v) is 11.6. The molecule has 0 saturated heterocycles. The highest BCUT2D eigenvalue weighted by Crippen LogP contribution is 2.30. The summed E-state index contributed by atoms with van der Waals surface area (Å²) in [6, 6.07) is 17.8. The van der Waals surface area contributed by atoms with Gasteiger partial charge in [0.1, 0.15) is 5.82 Å². The number of hydrogen-bond acceptors (Lipinski definition) is 5. The summed E-state index contributed by atoms with van der Waals surface area (Å²) < 4.78 is 16.5. The summed E-state index contributed by atoms with van der Waals surface area (Å²) in [6.45, 7) is 2.75. The molecule has 0 aliphatic heterocycles. The van der Waals surface area contributed by atoms with Crippen LogP contribution in [-0.2, 0) is 5.75 Å². The maximum atomic E-state index is 14.7. The summed E-state index contributed by atoms with van der Waals surface area (Å²) in [5.41, 5.74) is 2.79. The van der Waals surface area contributed by atoms with E-state index in [1.54, 1.807) is 40.1 Å². The fourth-order valence-electron chi connectivity index (χ4n) is 3.50. The third-order valence-electron chi connectivity index (χ3n) is 5.11. The summed E-state index contributed by atoms with van der Waals surface area (Å²) in [7, 11) is 1.81. The molecule has 33 heavy (non-hydrogen) atoms. The second-order valence-corrected chi connectivity index (χ2v) is 8.49. The van der Waals surface area contributed by atoms with Crippen LogP contribution in [0.15, 0.2) is 78.2 Å². The monoisotopic (exact) mass is 461 g/mol. The Hall–Kier alpha value is -3.52. The Bertz CT molecular complexity index is 1240. The van der Waals surface area contributed by atoms with Gasteiger partial charge >= 0.3 is 0 Å². The van der Waals surface area contributed by atoms with Crippen molar-refractivity contribution in [2.45, 2.75) is 24.3 Å². The SMILES string of the molecule is CCCN(C)C(=O)c1cccc(CSc2nnc(-c3ccncc3)n2-c2ccccc2F)c1. The Balaban J connectivity index is 1.63. The molecule has 0 spiro atoms. The normalized spacial score (nSPS) is 10.9. The summed E-state index contributed by atoms with van der Waals surface area (Å²) >= 11 is 1.44. The molecule has 2 heterocycles. The van der Waals surface area contributed by atoms with Crippen LogP contribution < -0.4 is 0 Å². The van der Waals surface area contributed by atoms with Crippen molar-refractivity contribution in [2.24, 2.45) is 0 Å². The molecule has 0 fully saturated rings. The van der Waals surface area contributed by atoms with Gasteiger partial charge < -0.3 is 4.90 Å². The summed E-state index contributed by atoms with van der Waals surface area (Å²) in [5.74, 6) is 0.732. The van der Waals surface area contributed by atoms with Gasteiger partial charge in [0.05, 0.1) is 5.69 Å². The van der Waals surface area contributed by atoms with Crippen molar-refractivity contribution in [3.05, 3.63) is 90.0 Å². The highest BCUT2D eigenvalue weighted by Gasteiger charge is 2.19. The van der Waals surface area contributed by atoms with E-state index in [1.807, 2.05) is 50.4 Å². The first-order chi connectivity index (χ1) is 16.1. The molecule has 0 aliphatic carbocycles. The van der Waals surface area contributed by atoms with E-state index in [1.165, 1.54) is 17.8 Å². The average molecular weight is 462 g/mol. The molecule has 2 aromatic carbocycles. The lowest BCUT2D eigenvalue weighted by Crippen LogP contribution is -2.27. The summed E-state index contributed by atoms with van der Waals surface area (Å²) in [4.78, 5) is 18.4. The molecular formula is C25H24FN5OS. The van der Waals surface area contributed by atoms with Gasteiger partial charge in [0.25, 0.3) is 5.91 Å². The van der Waals surface area contributed by atoms with Crippen molar-refractivity contribution in [3.8, 4) is 17.1 Å². The quantitative estimate of drug-likeness (QED) is 0.336. The van der Waals surface area contributed by atoms with Gasteiger partial charge in [-0.2, -0.15) is 0 Å². The fourth-order valence-corrected chi connectivity index (χ4v) is 4.39. The number of hydrogen-bond donors (Lipinski definition) is 0. The van der Waals surface area contributed by atoms with E-state index in [-0.39, 0.29) is 11.7 Å². The third-order valence-corrected chi connectivity index (χ3v) is 6.11. The number of carbonyl (C=O) groups is 1. The van der Waals surface area contributed by atoms with Crippen molar-refractivity contribution >= 4 is 17.7 Å². The topological polar surface area (TPSA) is 63.9 Å². The highest BCUT2D eigenvalue weighted by molar-refractivity contribution is 7.98. The number of aromatic nitrogens is 4. The second-order valence-electron chi connectivity index (χ2n) is 7.54. The zero-order valence-electron chi connectivity index (χ0n) is 18.5. The molecule has 0 saturated carbocycles. The van der Waals surface area contributed by atoms with Crippen LogP contribution in [0.4, 0.5) is 4.39 Å². The van der Waals surface area contributed by atoms with E-state index < -0.39 is 0 Å². The molecule has 8 heteroatoms. The first kappa shape index (κ1) is 22.7. The first-order valence-electron chi connectivity index (χ1n) is 10.7. The van der Waals surface area contributed by atoms with Gasteiger partial charge in [0, 0.05) is 42.9 Å². The molecule has 6 nitrogen and oxygen atoms in total. The number of amides is 1. The van der Waals surface area contributed by atoms with Crippen LogP contribution in [0.5, 0.6) is 0 Å². The van der Waals surface area contributed by atoms with Crippen LogP contribution in [0.2, 0.25) is 0 Å². The summed E-state index contributed by atoms with van der Waals surface area (Å²) in [5, 5.41) is 9.25. The lowest BCUT2D eigenvalue weighted by Gasteiger charge is -2.16. The fraction of sp³-hybridized carbons (Fsp3) is 0.200. The number of para-hydroxylation sites is 1. The number of benzene rings is 2. The van der Waals surface area contributed by atoms with Crippen molar-refractivity contribution in [3.63, 3.8) is 0 Å². The number of nitrogens with zero attached hydrogens (tertiary/aromatic N) is 5. The van der Waals surface area contributed by atoms with Gasteiger partial charge in [0.15, 0.2) is 11.0 Å². The lowest BCUT2D eigenvalue weighted by molar-refractivity contribution is 0.0795. The third kappa shape index (κ3) is 5.12. The van der Waals surface area contributed by atoms with Crippen molar-refractivity contribution in [1.29, 1.82) is 0 Å². The minimum Gasteiger partial charge on any atom is -0.342 e. The van der Waals surface area contributed by atoms with Gasteiger partial charge in [-0.3, -0.25) is 14.3 Å². The average Bonchev–Trinajstić information content (AvgIpc) is 3.27. The number of pyridine rings is 1. The van der Waals surface area contributed by atoms with Crippen molar-refractivity contribution < 1.29 is 9.18 Å². The number of thioether (sulfide) groups is 1. The molecule has 0 bridgehead atoms. The Morgan fingerprint density at radius 2 is 1.85 bits per heavy atom. The number of carbonyl (C=O) groups excluding carboxylic acids is 1. The van der Waals surface area contributed by atoms with Crippen LogP contribution in [0.25, 0.3) is 17.1 Å². The minimum atomic E-state index is -0.360. The number of rotatable bonds is 8. The van der Waals surface area contributed by atoms with Crippen LogP contribution in [0.3, 0.4) is 0 Å². The Morgan fingerprint density at radius 1 is 1.06 bits per heavy atom. The Kier molecular flexibility index (Phi) is 7.14. The zero-order chi connectivity index (χ0) is 23.2. The molecule has 168 valence electrons. The van der Waals surface area contributed by atoms with Crippen molar-refractivity contribution in [1.82, 2.24) is 24.6 Å². The van der Waals surface area contributed by atoms with E-state index in [0.717, 1.165) is 17.5 Å². The van der Waals surface area contributed by atoms with E-state index >= 15 is 0 Å². The molecule has 0 radical (unpaired) electrons. The smallest absolute Gasteiger partial charge is 0.253 e. The molecule has 0 unspecified atom stereocenters. The van der Waals surface area contributed by atoms with E-state index in [2.05, 4.69) is 15.2 Å². The second kappa shape index (κ2) is 10.4. The molecule has 4 rings (SSSR count). The van der Waals surface area contributed by atoms with Gasteiger partial charge in [-0.05, 0) is 48.4 Å². The Morgan fingerprint density at radius 3 is 2.61 bits per heavy atom. The van der Waals surface area contributed by atoms with Crippen molar-refractivity contribution in [2.75, 3.05) is 13.6 Å². The summed E-state index contributed by atoms with van der Waals surface area (Å²) in [6.07, 6.45) is 4.24. The van der Waals surface area contributed by atoms with Crippen LogP contribution in [0.1, 0.15) is 29.3 Å². The van der Waals surface area contributed by atoms with Gasteiger partial charge in [0.2, 0.25) is 0 Å². The predicted octanol–water partition coefficient (Wildman–Crippen LogP) is 5.24. The van der Waals surface area contributed by atoms with Crippen LogP contribution in [-0.4, -0.2) is 44.1 Å². The van der Waals surface area contributed by atoms with E-state index in [0.29, 0.717) is 34.5 Å². The van der Waals surface area contributed by atoms with Crippen LogP contribution >= 0.6 is 11.8 Å². The van der Waals surface area contributed by atoms with E-state index in [4.69, 9.17) is 0 Å². The molecule has 0 atom stereocenters. The minimum absolute atomic E-state index is 0.00167. The Labute approximate surface area is 196 Å². The van der Waals surface area contributed by atoms with Gasteiger partial charge in [-0.25, -0.2) is 4.39 Å². The van der Waals surface area contributed by atoms with Gasteiger partial charge in [-0.15, -0.1) is 10.2 Å². The molecule has 1 amide bonds. The maximum absolute atomic E-state index is 14.7. The molecular weight excluding hydrogens is 437 g/mol. The zero-order valence-corrected chi connectivity index (χ0v) is 19.3. The molecule has 0 aliphatic rings. The standard InChI is InChI=1S/C25H24FN5OS/c1-3-15-30(2)24(32)20-8-6-7-18(16-20)17-33-25-29-28-23(19-11-13-27-14-12-19)31(25)22-10-5-4-9-21(22)26/h4-14,16H,3,15,17H2,1-2H3.